The zero-order valence-corrected chi connectivity index (χ0v) is 38.3. The van der Waals surface area contributed by atoms with Crippen LogP contribution in [0, 0.1) is 17.8 Å². The van der Waals surface area contributed by atoms with Gasteiger partial charge in [0.05, 0.1) is 49.7 Å². The number of aliphatic hydroxyl groups is 2. The van der Waals surface area contributed by atoms with Crippen LogP contribution in [0.25, 0.3) is 10.9 Å². The summed E-state index contributed by atoms with van der Waals surface area (Å²) in [6, 6.07) is 18.0. The monoisotopic (exact) mass is 912 g/mol. The molecule has 1 aromatic heterocycles. The molecule has 6 atom stereocenters. The minimum atomic E-state index is -4.32. The van der Waals surface area contributed by atoms with E-state index in [1.807, 2.05) is 25.1 Å². The quantitative estimate of drug-likeness (QED) is 0.0414. The number of amides is 1. The lowest BCUT2D eigenvalue weighted by Crippen LogP contribution is -2.70. The summed E-state index contributed by atoms with van der Waals surface area (Å²) >= 11 is 0. The van der Waals surface area contributed by atoms with Crippen molar-refractivity contribution in [3.63, 3.8) is 0 Å². The zero-order chi connectivity index (χ0) is 46.1. The molecule has 348 valence electrons. The number of carbonyl (C=O) groups excluding carboxylic acids is 1. The molecule has 1 amide bonds. The summed E-state index contributed by atoms with van der Waals surface area (Å²) in [5.41, 5.74) is 2.84. The summed E-state index contributed by atoms with van der Waals surface area (Å²) < 4.78 is 63.4. The summed E-state index contributed by atoms with van der Waals surface area (Å²) in [7, 11) is 0.186. The molecule has 6 unspecified atom stereocenters. The van der Waals surface area contributed by atoms with Crippen LogP contribution in [-0.2, 0) is 19.6 Å². The fourth-order valence-electron chi connectivity index (χ4n) is 10.0. The lowest BCUT2D eigenvalue weighted by atomic mass is 9.55. The Labute approximate surface area is 381 Å². The van der Waals surface area contributed by atoms with E-state index in [1.165, 1.54) is 25.6 Å². The molecule has 7 rings (SSSR count). The second kappa shape index (κ2) is 21.2. The number of hydrogen-bond donors (Lipinski definition) is 3. The molecule has 0 spiro atoms. The van der Waals surface area contributed by atoms with Crippen LogP contribution in [0.2, 0.25) is 0 Å². The third-order valence-electron chi connectivity index (χ3n) is 12.7. The van der Waals surface area contributed by atoms with Crippen LogP contribution in [0.15, 0.2) is 107 Å². The highest BCUT2D eigenvalue weighted by Gasteiger charge is 2.66. The first-order valence-electron chi connectivity index (χ1n) is 22.3. The number of pyridine rings is 1. The van der Waals surface area contributed by atoms with Gasteiger partial charge in [0, 0.05) is 55.3 Å². The third-order valence-corrected chi connectivity index (χ3v) is 14.6. The van der Waals surface area contributed by atoms with Crippen molar-refractivity contribution in [3.05, 3.63) is 103 Å². The van der Waals surface area contributed by atoms with E-state index in [0.717, 1.165) is 24.0 Å². The van der Waals surface area contributed by atoms with Crippen molar-refractivity contribution in [1.29, 1.82) is 0 Å². The summed E-state index contributed by atoms with van der Waals surface area (Å²) in [4.78, 5) is 23.7. The Bertz CT molecular complexity index is 2490. The van der Waals surface area contributed by atoms with E-state index >= 15 is 8.42 Å². The van der Waals surface area contributed by atoms with E-state index in [4.69, 9.17) is 28.5 Å². The average molecular weight is 913 g/mol. The smallest absolute Gasteiger partial charge is 0.417 e. The Morgan fingerprint density at radius 1 is 1.00 bits per heavy atom. The lowest BCUT2D eigenvalue weighted by molar-refractivity contribution is -0.251. The lowest BCUT2D eigenvalue weighted by Gasteiger charge is -2.59. The molecule has 2 heterocycles. The Kier molecular flexibility index (Phi) is 15.5. The predicted octanol–water partition coefficient (Wildman–Crippen LogP) is 8.23. The molecule has 4 aromatic rings. The summed E-state index contributed by atoms with van der Waals surface area (Å²) in [5, 5.41) is 28.0. The normalized spacial score (nSPS) is 22.9. The first-order chi connectivity index (χ1) is 31.6. The maximum absolute atomic E-state index is 15.4. The van der Waals surface area contributed by atoms with Crippen molar-refractivity contribution in [2.75, 3.05) is 53.0 Å². The van der Waals surface area contributed by atoms with Gasteiger partial charge in [-0.15, -0.1) is 6.58 Å². The van der Waals surface area contributed by atoms with Crippen LogP contribution < -0.4 is 24.3 Å². The zero-order valence-electron chi connectivity index (χ0n) is 37.5. The van der Waals surface area contributed by atoms with Gasteiger partial charge in [-0.25, -0.2) is 13.2 Å². The van der Waals surface area contributed by atoms with Crippen LogP contribution >= 0.6 is 0 Å². The van der Waals surface area contributed by atoms with E-state index in [9.17, 15) is 15.0 Å². The molecule has 1 aliphatic heterocycles. The summed E-state index contributed by atoms with van der Waals surface area (Å²) in [5.74, 6) is -1.22. The fraction of sp³-hybridized carbons (Fsp3) is 0.449. The van der Waals surface area contributed by atoms with Gasteiger partial charge in [-0.05, 0) is 92.0 Å². The number of nitrogens with one attached hydrogen (secondary N) is 1. The standard InChI is InChI=1S/C49H60N4O11S/c1-6-24-53(65(57,58)43-18-12-15-32-16-13-23-50-47(32)43)44-31-40(52-61-5)37-28-33(14-8-10-25-54)36(17-9-11-26-55)45-38-29-35(20-22-41(38)64-49(44,46(37)45)62-27-7-2)63-48(56)51-39-21-19-34(59-3)30-42(39)60-4/h7,12-13,15-16,18-23,28-30,33,36,44-46,54-55H,2,6,8-11,14,17,24-27,31H2,1,3-5H3,(H,51,56). The summed E-state index contributed by atoms with van der Waals surface area (Å²) in [6.45, 7) is 6.14. The number of nitrogens with zero attached hydrogens (tertiary/aromatic N) is 3. The van der Waals surface area contributed by atoms with Crippen molar-refractivity contribution in [2.45, 2.75) is 80.9 Å². The van der Waals surface area contributed by atoms with Crippen molar-refractivity contribution in [2.24, 2.45) is 22.9 Å². The van der Waals surface area contributed by atoms with Crippen LogP contribution in [0.3, 0.4) is 0 Å². The Hall–Kier alpha value is -5.52. The number of rotatable bonds is 21. The molecular weight excluding hydrogens is 853 g/mol. The Balaban J connectivity index is 1.42. The number of benzene rings is 3. The van der Waals surface area contributed by atoms with Crippen LogP contribution in [-0.4, -0.2) is 99.2 Å². The van der Waals surface area contributed by atoms with Gasteiger partial charge in [0.1, 0.15) is 35.0 Å². The predicted molar refractivity (Wildman–Crippen MR) is 247 cm³/mol. The fourth-order valence-corrected chi connectivity index (χ4v) is 11.9. The van der Waals surface area contributed by atoms with Gasteiger partial charge in [0.15, 0.2) is 0 Å². The minimum absolute atomic E-state index is 0.0226. The van der Waals surface area contributed by atoms with Gasteiger partial charge < -0.3 is 38.7 Å². The van der Waals surface area contributed by atoms with E-state index in [0.29, 0.717) is 71.7 Å². The number of ether oxygens (including phenoxy) is 5. The van der Waals surface area contributed by atoms with Gasteiger partial charge in [0.2, 0.25) is 15.8 Å². The van der Waals surface area contributed by atoms with Crippen molar-refractivity contribution < 1.29 is 51.9 Å². The number of hydrogen-bond acceptors (Lipinski definition) is 13. The topological polar surface area (TPSA) is 188 Å². The molecule has 0 saturated heterocycles. The molecule has 16 heteroatoms. The number of fused-ring (bicyclic) bond motifs is 3. The second-order valence-corrected chi connectivity index (χ2v) is 18.3. The number of para-hydroxylation sites is 1. The number of aliphatic hydroxyl groups excluding tert-OH is 2. The number of anilines is 1. The SMILES string of the molecule is C=CCOC12Oc3ccc(OC(=O)Nc4ccc(OC)cc4OC)cc3C3C(CCCCO)C(CCCCO)C=C(C(=NOC)CC1N(CCC)S(=O)(=O)c1cccc4cccnc14)C32. The van der Waals surface area contributed by atoms with E-state index in [1.54, 1.807) is 60.8 Å². The highest BCUT2D eigenvalue weighted by atomic mass is 32.2. The molecule has 3 aromatic carbocycles. The highest BCUT2D eigenvalue weighted by Crippen LogP contribution is 2.62. The van der Waals surface area contributed by atoms with Crippen molar-refractivity contribution >= 4 is 38.4 Å². The van der Waals surface area contributed by atoms with Gasteiger partial charge >= 0.3 is 6.09 Å². The summed E-state index contributed by atoms with van der Waals surface area (Å²) in [6.07, 6.45) is 9.31. The van der Waals surface area contributed by atoms with Gasteiger partial charge in [-0.3, -0.25) is 10.3 Å². The number of aromatic nitrogens is 1. The van der Waals surface area contributed by atoms with Crippen molar-refractivity contribution in [1.82, 2.24) is 9.29 Å². The molecule has 3 aliphatic rings. The number of sulfonamides is 1. The number of carbonyl (C=O) groups is 1. The Morgan fingerprint density at radius 2 is 1.77 bits per heavy atom. The molecule has 3 N–H and O–H groups in total. The van der Waals surface area contributed by atoms with E-state index in [2.05, 4.69) is 28.1 Å². The maximum Gasteiger partial charge on any atom is 0.417 e. The molecule has 0 radical (unpaired) electrons. The molecule has 1 saturated carbocycles. The van der Waals surface area contributed by atoms with Gasteiger partial charge in [-0.1, -0.05) is 55.3 Å². The largest absolute Gasteiger partial charge is 0.497 e. The molecular formula is C49H60N4O11S. The molecule has 0 bridgehead atoms. The maximum atomic E-state index is 15.4. The molecule has 15 nitrogen and oxygen atoms in total. The van der Waals surface area contributed by atoms with Crippen molar-refractivity contribution in [3.8, 4) is 23.0 Å². The first kappa shape index (κ1) is 47.4. The third kappa shape index (κ3) is 9.59. The first-order valence-corrected chi connectivity index (χ1v) is 23.7. The molecule has 1 fully saturated rings. The molecule has 2 aliphatic carbocycles. The number of methoxy groups -OCH3 is 2. The average Bonchev–Trinajstić information content (AvgIpc) is 3.31. The van der Waals surface area contributed by atoms with Gasteiger partial charge in [0.25, 0.3) is 0 Å². The molecule has 65 heavy (non-hydrogen) atoms. The van der Waals surface area contributed by atoms with Crippen LogP contribution in [0.5, 0.6) is 23.0 Å². The van der Waals surface area contributed by atoms with Crippen LogP contribution in [0.1, 0.15) is 69.8 Å². The number of unbranched alkanes of at least 4 members (excludes halogenated alkanes) is 2. The number of oxime groups is 1. The second-order valence-electron chi connectivity index (χ2n) is 16.5. The number of allylic oxidation sites excluding steroid dienone is 1. The minimum Gasteiger partial charge on any atom is -0.497 e. The van der Waals surface area contributed by atoms with Crippen LogP contribution in [0.4, 0.5) is 10.5 Å². The van der Waals surface area contributed by atoms with Gasteiger partial charge in [-0.2, -0.15) is 4.31 Å². The highest BCUT2D eigenvalue weighted by molar-refractivity contribution is 7.89. The van der Waals surface area contributed by atoms with E-state index in [-0.39, 0.29) is 55.3 Å². The Morgan fingerprint density at radius 3 is 2.49 bits per heavy atom. The van der Waals surface area contributed by atoms with E-state index < -0.39 is 39.8 Å².